The van der Waals surface area contributed by atoms with E-state index in [9.17, 15) is 9.59 Å². The number of fused-ring (bicyclic) bond motifs is 1. The van der Waals surface area contributed by atoms with Crippen LogP contribution in [0.1, 0.15) is 21.0 Å². The first-order chi connectivity index (χ1) is 13.5. The molecule has 1 aliphatic rings. The van der Waals surface area contributed by atoms with Gasteiger partial charge < -0.3 is 19.4 Å². The summed E-state index contributed by atoms with van der Waals surface area (Å²) in [7, 11) is 0. The molecule has 9 heteroatoms. The van der Waals surface area contributed by atoms with Crippen molar-refractivity contribution in [2.24, 2.45) is 0 Å². The maximum absolute atomic E-state index is 13.0. The number of nitrogens with one attached hydrogen (secondary N) is 1. The molecule has 7 nitrogen and oxygen atoms in total. The van der Waals surface area contributed by atoms with Crippen LogP contribution in [0.2, 0.25) is 10.2 Å². The van der Waals surface area contributed by atoms with Gasteiger partial charge in [0.25, 0.3) is 11.8 Å². The molecule has 1 aliphatic heterocycles. The van der Waals surface area contributed by atoms with Crippen molar-refractivity contribution >= 4 is 51.7 Å². The Morgan fingerprint density at radius 2 is 1.82 bits per heavy atom. The van der Waals surface area contributed by atoms with Crippen LogP contribution in [0.4, 0.5) is 5.69 Å². The molecule has 3 aromatic rings. The van der Waals surface area contributed by atoms with Gasteiger partial charge in [-0.1, -0.05) is 35.3 Å². The van der Waals surface area contributed by atoms with Crippen LogP contribution in [0.25, 0.3) is 11.0 Å². The molecule has 2 aromatic heterocycles. The second kappa shape index (κ2) is 7.79. The van der Waals surface area contributed by atoms with Crippen LogP contribution < -0.4 is 5.32 Å². The van der Waals surface area contributed by atoms with Gasteiger partial charge in [0.1, 0.15) is 22.1 Å². The summed E-state index contributed by atoms with van der Waals surface area (Å²) < 4.78 is 11.1. The Labute approximate surface area is 170 Å². The van der Waals surface area contributed by atoms with E-state index >= 15 is 0 Å². The SMILES string of the molecule is O=C(Nc1c(C(=O)N2CCOCC2)oc2ccccc12)c1nc(Cl)ccc1Cl. The summed E-state index contributed by atoms with van der Waals surface area (Å²) in [5, 5.41) is 3.61. The first-order valence-electron chi connectivity index (χ1n) is 8.56. The molecule has 1 saturated heterocycles. The molecular weight excluding hydrogens is 405 g/mol. The number of carbonyl (C=O) groups is 2. The van der Waals surface area contributed by atoms with Gasteiger partial charge >= 0.3 is 0 Å². The van der Waals surface area contributed by atoms with Crippen molar-refractivity contribution in [3.8, 4) is 0 Å². The van der Waals surface area contributed by atoms with Gasteiger partial charge in [-0.25, -0.2) is 4.98 Å². The number of rotatable bonds is 3. The van der Waals surface area contributed by atoms with Gasteiger partial charge in [-0.2, -0.15) is 0 Å². The number of anilines is 1. The maximum atomic E-state index is 13.0. The highest BCUT2D eigenvalue weighted by molar-refractivity contribution is 6.35. The average molecular weight is 420 g/mol. The predicted molar refractivity (Wildman–Crippen MR) is 105 cm³/mol. The second-order valence-corrected chi connectivity index (χ2v) is 6.92. The van der Waals surface area contributed by atoms with Gasteiger partial charge in [-0.3, -0.25) is 9.59 Å². The van der Waals surface area contributed by atoms with Gasteiger partial charge in [0.2, 0.25) is 5.76 Å². The van der Waals surface area contributed by atoms with E-state index in [0.29, 0.717) is 37.3 Å². The van der Waals surface area contributed by atoms with Crippen LogP contribution in [0.15, 0.2) is 40.8 Å². The fraction of sp³-hybridized carbons (Fsp3) is 0.211. The van der Waals surface area contributed by atoms with E-state index in [4.69, 9.17) is 32.4 Å². The van der Waals surface area contributed by atoms with Crippen molar-refractivity contribution in [1.29, 1.82) is 0 Å². The highest BCUT2D eigenvalue weighted by atomic mass is 35.5. The van der Waals surface area contributed by atoms with E-state index < -0.39 is 5.91 Å². The highest BCUT2D eigenvalue weighted by Crippen LogP contribution is 2.32. The number of para-hydroxylation sites is 1. The molecular formula is C19H15Cl2N3O4. The summed E-state index contributed by atoms with van der Waals surface area (Å²) in [6.45, 7) is 1.81. The normalized spacial score (nSPS) is 14.3. The average Bonchev–Trinajstić information content (AvgIpc) is 3.08. The number of hydrogen-bond donors (Lipinski definition) is 1. The van der Waals surface area contributed by atoms with Crippen molar-refractivity contribution in [3.05, 3.63) is 58.0 Å². The maximum Gasteiger partial charge on any atom is 0.291 e. The number of nitrogens with zero attached hydrogens (tertiary/aromatic N) is 2. The number of benzene rings is 1. The summed E-state index contributed by atoms with van der Waals surface area (Å²) in [4.78, 5) is 31.4. The third-order valence-corrected chi connectivity index (χ3v) is 4.87. The molecule has 1 aromatic carbocycles. The summed E-state index contributed by atoms with van der Waals surface area (Å²) in [5.74, 6) is -0.857. The lowest BCUT2D eigenvalue weighted by atomic mass is 10.2. The van der Waals surface area contributed by atoms with Crippen molar-refractivity contribution < 1.29 is 18.7 Å². The number of ether oxygens (including phenoxy) is 1. The largest absolute Gasteiger partial charge is 0.449 e. The summed E-state index contributed by atoms with van der Waals surface area (Å²) >= 11 is 12.0. The molecule has 2 amide bonds. The van der Waals surface area contributed by atoms with Crippen molar-refractivity contribution in [2.45, 2.75) is 0 Å². The molecule has 0 aliphatic carbocycles. The zero-order valence-electron chi connectivity index (χ0n) is 14.6. The molecule has 0 unspecified atom stereocenters. The molecule has 1 fully saturated rings. The van der Waals surface area contributed by atoms with Crippen molar-refractivity contribution in [2.75, 3.05) is 31.6 Å². The smallest absolute Gasteiger partial charge is 0.291 e. The number of carbonyl (C=O) groups excluding carboxylic acids is 2. The minimum Gasteiger partial charge on any atom is -0.449 e. The van der Waals surface area contributed by atoms with E-state index in [-0.39, 0.29) is 33.2 Å². The molecule has 0 saturated carbocycles. The Morgan fingerprint density at radius 1 is 1.07 bits per heavy atom. The highest BCUT2D eigenvalue weighted by Gasteiger charge is 2.28. The van der Waals surface area contributed by atoms with Gasteiger partial charge in [-0.15, -0.1) is 0 Å². The van der Waals surface area contributed by atoms with Crippen LogP contribution in [0.5, 0.6) is 0 Å². The van der Waals surface area contributed by atoms with Crippen LogP contribution in [-0.4, -0.2) is 48.0 Å². The zero-order chi connectivity index (χ0) is 19.7. The van der Waals surface area contributed by atoms with E-state index in [1.807, 2.05) is 0 Å². The lowest BCUT2D eigenvalue weighted by Crippen LogP contribution is -2.40. The van der Waals surface area contributed by atoms with E-state index in [0.717, 1.165) is 0 Å². The standard InChI is InChI=1S/C19H15Cl2N3O4/c20-12-5-6-14(21)22-16(12)18(25)23-15-11-3-1-2-4-13(11)28-17(15)19(26)24-7-9-27-10-8-24/h1-6H,7-10H2,(H,23,25). The Bertz CT molecular complexity index is 1060. The lowest BCUT2D eigenvalue weighted by Gasteiger charge is -2.26. The van der Waals surface area contributed by atoms with E-state index in [1.54, 1.807) is 29.2 Å². The van der Waals surface area contributed by atoms with Gasteiger partial charge in [0, 0.05) is 18.5 Å². The molecule has 1 N–H and O–H groups in total. The number of hydrogen-bond acceptors (Lipinski definition) is 5. The number of aromatic nitrogens is 1. The van der Waals surface area contributed by atoms with Crippen LogP contribution >= 0.6 is 23.2 Å². The lowest BCUT2D eigenvalue weighted by molar-refractivity contribution is 0.0285. The minimum atomic E-state index is -0.588. The first kappa shape index (κ1) is 18.7. The molecule has 0 atom stereocenters. The summed E-state index contributed by atoms with van der Waals surface area (Å²) in [6.07, 6.45) is 0. The Kier molecular flexibility index (Phi) is 5.21. The number of furan rings is 1. The van der Waals surface area contributed by atoms with Crippen LogP contribution in [0, 0.1) is 0 Å². The second-order valence-electron chi connectivity index (χ2n) is 6.13. The molecule has 4 rings (SSSR count). The number of pyridine rings is 1. The molecule has 28 heavy (non-hydrogen) atoms. The Morgan fingerprint density at radius 3 is 2.61 bits per heavy atom. The molecule has 0 radical (unpaired) electrons. The number of halogens is 2. The van der Waals surface area contributed by atoms with Crippen molar-refractivity contribution in [1.82, 2.24) is 9.88 Å². The summed E-state index contributed by atoms with van der Waals surface area (Å²) in [5.41, 5.74) is 0.721. The van der Waals surface area contributed by atoms with Crippen LogP contribution in [0.3, 0.4) is 0 Å². The van der Waals surface area contributed by atoms with E-state index in [1.165, 1.54) is 12.1 Å². The monoisotopic (exact) mass is 419 g/mol. The van der Waals surface area contributed by atoms with Gasteiger partial charge in [0.05, 0.1) is 18.2 Å². The van der Waals surface area contributed by atoms with E-state index in [2.05, 4.69) is 10.3 Å². The minimum absolute atomic E-state index is 0.0378. The van der Waals surface area contributed by atoms with Gasteiger partial charge in [-0.05, 0) is 24.3 Å². The van der Waals surface area contributed by atoms with Crippen molar-refractivity contribution in [3.63, 3.8) is 0 Å². The third kappa shape index (κ3) is 3.56. The Balaban J connectivity index is 1.73. The fourth-order valence-corrected chi connectivity index (χ4v) is 3.32. The molecule has 0 spiro atoms. The van der Waals surface area contributed by atoms with Gasteiger partial charge in [0.15, 0.2) is 0 Å². The first-order valence-corrected chi connectivity index (χ1v) is 9.32. The molecule has 0 bridgehead atoms. The number of morpholine rings is 1. The molecule has 144 valence electrons. The summed E-state index contributed by atoms with van der Waals surface area (Å²) in [6, 6.07) is 10.0. The quantitative estimate of drug-likeness (QED) is 0.651. The predicted octanol–water partition coefficient (Wildman–Crippen LogP) is 3.86. The van der Waals surface area contributed by atoms with Crippen LogP contribution in [-0.2, 0) is 4.74 Å². The third-order valence-electron chi connectivity index (χ3n) is 4.35. The molecule has 3 heterocycles. The fourth-order valence-electron chi connectivity index (χ4n) is 2.98. The topological polar surface area (TPSA) is 84.7 Å². The Hall–Kier alpha value is -2.61. The zero-order valence-corrected chi connectivity index (χ0v) is 16.1. The number of amides is 2.